The highest BCUT2D eigenvalue weighted by Crippen LogP contribution is 2.73. The average Bonchev–Trinajstić information content (AvgIpc) is 3.52. The lowest BCUT2D eigenvalue weighted by Crippen LogP contribution is -2.60. The standard InChI is InChI=1S/C35H54N2O8/c1-21(6-12-28(39)36-27(32(43)44-5)11-15-31(42)45-37-29(40)13-14-30(37)41)24-9-10-25-26-8-7-22-20-23(38)16-17-34(22,3)35(26,4)19-18-33(24,25)2/h21-27,38H,6-20H2,1-5H3,(H,36,39)/t21-,22-,23-,24-,25+,26+,27+,33-,34+,35+/m1/s1. The molecule has 0 unspecified atom stereocenters. The number of aliphatic hydroxyl groups is 1. The summed E-state index contributed by atoms with van der Waals surface area (Å²) in [5, 5.41) is 13.6. The minimum atomic E-state index is -1.03. The second-order valence-corrected chi connectivity index (χ2v) is 15.7. The van der Waals surface area contributed by atoms with Gasteiger partial charge in [0.25, 0.3) is 11.8 Å². The van der Waals surface area contributed by atoms with E-state index in [9.17, 15) is 29.1 Å². The van der Waals surface area contributed by atoms with Crippen molar-refractivity contribution in [1.82, 2.24) is 10.4 Å². The van der Waals surface area contributed by atoms with Crippen LogP contribution in [-0.4, -0.2) is 59.1 Å². The van der Waals surface area contributed by atoms with E-state index >= 15 is 0 Å². The quantitative estimate of drug-likeness (QED) is 0.258. The van der Waals surface area contributed by atoms with Gasteiger partial charge in [-0.25, -0.2) is 9.59 Å². The maximum atomic E-state index is 13.0. The molecule has 1 saturated heterocycles. The molecule has 0 radical (unpaired) electrons. The molecule has 2 N–H and O–H groups in total. The largest absolute Gasteiger partial charge is 0.467 e. The molecule has 4 aliphatic carbocycles. The molecule has 10 atom stereocenters. The molecule has 0 aromatic rings. The maximum Gasteiger partial charge on any atom is 0.333 e. The highest BCUT2D eigenvalue weighted by atomic mass is 16.7. The van der Waals surface area contributed by atoms with Crippen molar-refractivity contribution in [2.24, 2.45) is 45.8 Å². The molecular formula is C35H54N2O8. The van der Waals surface area contributed by atoms with Crippen LogP contribution >= 0.6 is 0 Å². The Bertz CT molecular complexity index is 1170. The maximum absolute atomic E-state index is 13.0. The number of hydrogen-bond donors (Lipinski definition) is 2. The van der Waals surface area contributed by atoms with Gasteiger partial charge < -0.3 is 20.0 Å². The number of nitrogens with one attached hydrogen (secondary N) is 1. The summed E-state index contributed by atoms with van der Waals surface area (Å²) in [6, 6.07) is -1.03. The van der Waals surface area contributed by atoms with E-state index in [4.69, 9.17) is 9.57 Å². The van der Waals surface area contributed by atoms with Crippen molar-refractivity contribution < 1.29 is 38.7 Å². The fourth-order valence-electron chi connectivity index (χ4n) is 10.9. The molecule has 0 aromatic carbocycles. The highest BCUT2D eigenvalue weighted by Gasteiger charge is 2.65. The first-order valence-electron chi connectivity index (χ1n) is 17.4. The summed E-state index contributed by atoms with van der Waals surface area (Å²) in [4.78, 5) is 66.0. The third kappa shape index (κ3) is 6.17. The van der Waals surface area contributed by atoms with Gasteiger partial charge >= 0.3 is 11.9 Å². The SMILES string of the molecule is COC(=O)[C@H](CCC(=O)ON1C(=O)CCC1=O)NC(=O)CC[C@@H](C)[C@H]1CC[C@H]2[C@@H]3CC[C@@H]4C[C@H](O)CC[C@]4(C)[C@@]3(C)CC[C@]12C. The summed E-state index contributed by atoms with van der Waals surface area (Å²) >= 11 is 0. The molecule has 5 fully saturated rings. The van der Waals surface area contributed by atoms with Gasteiger partial charge in [0.05, 0.1) is 19.6 Å². The third-order valence-corrected chi connectivity index (χ3v) is 13.7. The number of aliphatic hydroxyl groups excluding tert-OH is 1. The van der Waals surface area contributed by atoms with Crippen molar-refractivity contribution in [1.29, 1.82) is 0 Å². The minimum Gasteiger partial charge on any atom is -0.467 e. The van der Waals surface area contributed by atoms with Crippen LogP contribution in [0.5, 0.6) is 0 Å². The van der Waals surface area contributed by atoms with E-state index in [0.29, 0.717) is 51.9 Å². The van der Waals surface area contributed by atoms with Crippen LogP contribution in [-0.2, 0) is 33.5 Å². The fraction of sp³-hybridized carbons (Fsp3) is 0.857. The van der Waals surface area contributed by atoms with Gasteiger partial charge in [0.1, 0.15) is 6.04 Å². The molecule has 5 rings (SSSR count). The highest BCUT2D eigenvalue weighted by molar-refractivity contribution is 6.01. The Morgan fingerprint density at radius 2 is 1.60 bits per heavy atom. The summed E-state index contributed by atoms with van der Waals surface area (Å²) in [5.41, 5.74) is 0.867. The Morgan fingerprint density at radius 3 is 2.29 bits per heavy atom. The van der Waals surface area contributed by atoms with E-state index in [1.165, 1.54) is 45.6 Å². The van der Waals surface area contributed by atoms with Gasteiger partial charge in [-0.1, -0.05) is 27.7 Å². The van der Waals surface area contributed by atoms with Gasteiger partial charge in [0.15, 0.2) is 0 Å². The number of fused-ring (bicyclic) bond motifs is 5. The second kappa shape index (κ2) is 13.0. The van der Waals surface area contributed by atoms with Crippen LogP contribution in [0, 0.1) is 45.8 Å². The predicted octanol–water partition coefficient (Wildman–Crippen LogP) is 4.86. The molecule has 1 aliphatic heterocycles. The van der Waals surface area contributed by atoms with Crippen LogP contribution < -0.4 is 5.32 Å². The zero-order valence-corrected chi connectivity index (χ0v) is 27.9. The summed E-state index contributed by atoms with van der Waals surface area (Å²) in [5.74, 6) is 0.0232. The number of imide groups is 1. The number of carbonyl (C=O) groups is 5. The molecule has 252 valence electrons. The lowest BCUT2D eigenvalue weighted by molar-refractivity contribution is -0.197. The number of rotatable bonds is 10. The molecule has 10 heteroatoms. The van der Waals surface area contributed by atoms with Crippen LogP contribution in [0.1, 0.15) is 124 Å². The summed E-state index contributed by atoms with van der Waals surface area (Å²) in [6.45, 7) is 9.89. The van der Waals surface area contributed by atoms with Crippen LogP contribution in [0.4, 0.5) is 0 Å². The smallest absolute Gasteiger partial charge is 0.333 e. The molecule has 3 amide bonds. The lowest BCUT2D eigenvalue weighted by Gasteiger charge is -2.67. The van der Waals surface area contributed by atoms with E-state index in [1.54, 1.807) is 0 Å². The van der Waals surface area contributed by atoms with E-state index in [0.717, 1.165) is 19.3 Å². The van der Waals surface area contributed by atoms with Gasteiger partial charge in [-0.15, -0.1) is 5.06 Å². The van der Waals surface area contributed by atoms with E-state index in [-0.39, 0.29) is 49.5 Å². The van der Waals surface area contributed by atoms with E-state index < -0.39 is 29.8 Å². The minimum absolute atomic E-state index is 0.00234. The number of amides is 3. The summed E-state index contributed by atoms with van der Waals surface area (Å²) < 4.78 is 4.85. The molecule has 0 aromatic heterocycles. The average molecular weight is 631 g/mol. The molecule has 0 bridgehead atoms. The Labute approximate surface area is 267 Å². The number of hydroxylamine groups is 2. The first-order valence-corrected chi connectivity index (χ1v) is 17.4. The van der Waals surface area contributed by atoms with Crippen molar-refractivity contribution in [2.75, 3.05) is 7.11 Å². The van der Waals surface area contributed by atoms with E-state index in [2.05, 4.69) is 33.0 Å². The van der Waals surface area contributed by atoms with Crippen molar-refractivity contribution in [3.8, 4) is 0 Å². The monoisotopic (exact) mass is 630 g/mol. The van der Waals surface area contributed by atoms with Crippen molar-refractivity contribution in [3.05, 3.63) is 0 Å². The lowest BCUT2D eigenvalue weighted by atomic mass is 9.38. The van der Waals surface area contributed by atoms with Gasteiger partial charge in [0.2, 0.25) is 5.91 Å². The first-order chi connectivity index (χ1) is 21.2. The molecular weight excluding hydrogens is 576 g/mol. The molecule has 10 nitrogen and oxygen atoms in total. The molecule has 1 heterocycles. The second-order valence-electron chi connectivity index (χ2n) is 15.7. The Hall–Kier alpha value is -2.49. The Morgan fingerprint density at radius 1 is 0.911 bits per heavy atom. The molecule has 5 aliphatic rings. The third-order valence-electron chi connectivity index (χ3n) is 13.7. The zero-order valence-electron chi connectivity index (χ0n) is 27.9. The number of hydrogen-bond acceptors (Lipinski definition) is 8. The van der Waals surface area contributed by atoms with Crippen LogP contribution in [0.3, 0.4) is 0 Å². The van der Waals surface area contributed by atoms with Crippen molar-refractivity contribution in [3.63, 3.8) is 0 Å². The fourth-order valence-corrected chi connectivity index (χ4v) is 10.9. The number of ether oxygens (including phenoxy) is 1. The molecule has 0 spiro atoms. The number of methoxy groups -OCH3 is 1. The van der Waals surface area contributed by atoms with Crippen LogP contribution in [0.2, 0.25) is 0 Å². The summed E-state index contributed by atoms with van der Waals surface area (Å²) in [6.07, 6.45) is 10.9. The van der Waals surface area contributed by atoms with Gasteiger partial charge in [0, 0.05) is 19.3 Å². The van der Waals surface area contributed by atoms with Crippen molar-refractivity contribution >= 4 is 29.7 Å². The van der Waals surface area contributed by atoms with Gasteiger partial charge in [-0.05, 0) is 116 Å². The normalized spacial score (nSPS) is 38.9. The van der Waals surface area contributed by atoms with Crippen LogP contribution in [0.15, 0.2) is 0 Å². The topological polar surface area (TPSA) is 139 Å². The molecule has 45 heavy (non-hydrogen) atoms. The van der Waals surface area contributed by atoms with E-state index in [1.807, 2.05) is 0 Å². The Balaban J connectivity index is 1.14. The van der Waals surface area contributed by atoms with Gasteiger partial charge in [-0.2, -0.15) is 0 Å². The number of nitrogens with zero attached hydrogens (tertiary/aromatic N) is 1. The molecule has 4 saturated carbocycles. The van der Waals surface area contributed by atoms with Crippen LogP contribution in [0.25, 0.3) is 0 Å². The first kappa shape index (κ1) is 33.9. The van der Waals surface area contributed by atoms with Gasteiger partial charge in [-0.3, -0.25) is 14.4 Å². The number of esters is 1. The summed E-state index contributed by atoms with van der Waals surface area (Å²) in [7, 11) is 1.22. The predicted molar refractivity (Wildman–Crippen MR) is 165 cm³/mol. The Kier molecular flexibility index (Phi) is 9.75. The van der Waals surface area contributed by atoms with Crippen molar-refractivity contribution in [2.45, 2.75) is 136 Å². The zero-order chi connectivity index (χ0) is 32.7. The number of carbonyl (C=O) groups excluding carboxylic acids is 5.